The Morgan fingerprint density at radius 1 is 1.09 bits per heavy atom. The van der Waals surface area contributed by atoms with E-state index in [0.717, 1.165) is 16.6 Å². The van der Waals surface area contributed by atoms with Gasteiger partial charge in [-0.3, -0.25) is 0 Å². The summed E-state index contributed by atoms with van der Waals surface area (Å²) in [7, 11) is -6.00. The molecule has 2 aromatic rings. The molecule has 4 nitrogen and oxygen atoms in total. The predicted molar refractivity (Wildman–Crippen MR) is 78.6 cm³/mol. The number of nitrogens with zero attached hydrogens (tertiary/aromatic N) is 3. The van der Waals surface area contributed by atoms with Gasteiger partial charge in [-0.1, -0.05) is 0 Å². The lowest BCUT2D eigenvalue weighted by molar-refractivity contribution is -0.609. The zero-order chi connectivity index (χ0) is 16.9. The summed E-state index contributed by atoms with van der Waals surface area (Å²) in [4.78, 5) is 0. The lowest BCUT2D eigenvalue weighted by Crippen LogP contribution is -2.37. The molecule has 0 saturated heterocycles. The zero-order valence-electron chi connectivity index (χ0n) is 12.5. The lowest BCUT2D eigenvalue weighted by Gasteiger charge is -2.03. The summed E-state index contributed by atoms with van der Waals surface area (Å²) in [5, 5.41) is 10.3. The smallest absolute Gasteiger partial charge is 0.418 e. The Kier molecular flexibility index (Phi) is 6.42. The van der Waals surface area contributed by atoms with Crippen molar-refractivity contribution in [1.82, 2.24) is 10.2 Å². The quantitative estimate of drug-likeness (QED) is 0.532. The van der Waals surface area contributed by atoms with Crippen molar-refractivity contribution < 1.29 is 21.8 Å². The van der Waals surface area contributed by atoms with Crippen molar-refractivity contribution in [3.05, 3.63) is 34.1 Å². The van der Waals surface area contributed by atoms with E-state index in [4.69, 9.17) is 5.73 Å². The molecule has 0 aromatic carbocycles. The molecule has 10 heteroatoms. The summed E-state index contributed by atoms with van der Waals surface area (Å²) in [5.74, 6) is 0. The Morgan fingerprint density at radius 3 is 2.05 bits per heavy atom. The molecule has 122 valence electrons. The minimum absolute atomic E-state index is 0.616. The fraction of sp³-hybridized carbons (Fsp3) is 0.417. The van der Waals surface area contributed by atoms with E-state index in [9.17, 15) is 17.3 Å². The van der Waals surface area contributed by atoms with Crippen molar-refractivity contribution in [2.24, 2.45) is 5.73 Å². The summed E-state index contributed by atoms with van der Waals surface area (Å²) >= 11 is 1.61. The molecule has 0 saturated carbocycles. The van der Waals surface area contributed by atoms with Crippen LogP contribution in [0.2, 0.25) is 0 Å². The topological polar surface area (TPSA) is 55.7 Å². The molecule has 0 aliphatic rings. The SMILES string of the molecule is Cc1cc(C)[n+](-c2nnc(CCN)s2)c(C)c1.F[B-](F)(F)F. The zero-order valence-corrected chi connectivity index (χ0v) is 13.3. The highest BCUT2D eigenvalue weighted by Crippen LogP contribution is 2.12. The Hall–Kier alpha value is -1.55. The number of halogens is 4. The van der Waals surface area contributed by atoms with Crippen LogP contribution in [0.25, 0.3) is 5.13 Å². The van der Waals surface area contributed by atoms with Gasteiger partial charge in [-0.15, -0.1) is 0 Å². The molecule has 0 aliphatic heterocycles. The molecule has 0 aliphatic carbocycles. The lowest BCUT2D eigenvalue weighted by atomic mass is 10.2. The molecule has 2 aromatic heterocycles. The number of aryl methyl sites for hydroxylation is 3. The first-order valence-electron chi connectivity index (χ1n) is 6.52. The van der Waals surface area contributed by atoms with Crippen molar-refractivity contribution in [2.75, 3.05) is 6.54 Å². The van der Waals surface area contributed by atoms with Crippen LogP contribution in [0.4, 0.5) is 17.3 Å². The van der Waals surface area contributed by atoms with Crippen molar-refractivity contribution in [3.63, 3.8) is 0 Å². The van der Waals surface area contributed by atoms with Gasteiger partial charge in [-0.25, -0.2) is 0 Å². The summed E-state index contributed by atoms with van der Waals surface area (Å²) in [6, 6.07) is 4.30. The number of hydrogen-bond acceptors (Lipinski definition) is 4. The van der Waals surface area contributed by atoms with Crippen LogP contribution in [0.1, 0.15) is 22.0 Å². The first-order valence-corrected chi connectivity index (χ1v) is 7.33. The van der Waals surface area contributed by atoms with E-state index in [-0.39, 0.29) is 0 Å². The average Bonchev–Trinajstić information content (AvgIpc) is 2.74. The Labute approximate surface area is 130 Å². The van der Waals surface area contributed by atoms with Gasteiger partial charge in [0.2, 0.25) is 0 Å². The molecule has 0 radical (unpaired) electrons. The maximum absolute atomic E-state index is 9.75. The van der Waals surface area contributed by atoms with Crippen LogP contribution in [-0.2, 0) is 6.42 Å². The molecule has 22 heavy (non-hydrogen) atoms. The van der Waals surface area contributed by atoms with E-state index in [2.05, 4.69) is 47.7 Å². The monoisotopic (exact) mass is 336 g/mol. The second-order valence-corrected chi connectivity index (χ2v) is 5.70. The normalized spacial score (nSPS) is 11.1. The molecular weight excluding hydrogens is 319 g/mol. The van der Waals surface area contributed by atoms with Crippen LogP contribution >= 0.6 is 11.3 Å². The Balaban J connectivity index is 0.000000422. The van der Waals surface area contributed by atoms with Gasteiger partial charge in [0.15, 0.2) is 0 Å². The van der Waals surface area contributed by atoms with E-state index in [1.807, 2.05) is 0 Å². The van der Waals surface area contributed by atoms with E-state index in [1.165, 1.54) is 17.0 Å². The molecule has 0 spiro atoms. The van der Waals surface area contributed by atoms with Crippen LogP contribution in [0.5, 0.6) is 0 Å². The predicted octanol–water partition coefficient (Wildman–Crippen LogP) is 2.54. The van der Waals surface area contributed by atoms with Gasteiger partial charge in [-0.05, 0) is 61.4 Å². The third kappa shape index (κ3) is 6.06. The second-order valence-electron chi connectivity index (χ2n) is 4.66. The van der Waals surface area contributed by atoms with Gasteiger partial charge in [0, 0.05) is 6.42 Å². The van der Waals surface area contributed by atoms with Gasteiger partial charge in [-0.2, -0.15) is 4.57 Å². The highest BCUT2D eigenvalue weighted by atomic mass is 32.1. The van der Waals surface area contributed by atoms with Crippen molar-refractivity contribution in [2.45, 2.75) is 27.2 Å². The summed E-state index contributed by atoms with van der Waals surface area (Å²) in [5.41, 5.74) is 9.14. The Bertz CT molecular complexity index is 601. The number of aromatic nitrogens is 3. The highest BCUT2D eigenvalue weighted by Gasteiger charge is 2.21. The number of nitrogens with two attached hydrogens (primary N) is 1. The van der Waals surface area contributed by atoms with Crippen LogP contribution in [-0.4, -0.2) is 24.0 Å². The number of rotatable bonds is 3. The number of pyridine rings is 1. The summed E-state index contributed by atoms with van der Waals surface area (Å²) in [6.45, 7) is 6.89. The fourth-order valence-corrected chi connectivity index (χ4v) is 2.94. The van der Waals surface area contributed by atoms with E-state index in [1.54, 1.807) is 11.3 Å². The first-order chi connectivity index (χ1) is 10.1. The fourth-order valence-electron chi connectivity index (χ4n) is 1.97. The van der Waals surface area contributed by atoms with Crippen LogP contribution in [0, 0.1) is 20.8 Å². The van der Waals surface area contributed by atoms with Crippen LogP contribution in [0.15, 0.2) is 12.1 Å². The Morgan fingerprint density at radius 2 is 1.59 bits per heavy atom. The van der Waals surface area contributed by atoms with Gasteiger partial charge in [0.1, 0.15) is 16.4 Å². The second kappa shape index (κ2) is 7.64. The summed E-state index contributed by atoms with van der Waals surface area (Å²) < 4.78 is 41.1. The van der Waals surface area contributed by atoms with Crippen molar-refractivity contribution in [1.29, 1.82) is 0 Å². The number of hydrogen-bond donors (Lipinski definition) is 1. The van der Waals surface area contributed by atoms with Gasteiger partial charge >= 0.3 is 12.4 Å². The van der Waals surface area contributed by atoms with Crippen LogP contribution < -0.4 is 10.3 Å². The maximum atomic E-state index is 9.75. The largest absolute Gasteiger partial charge is 0.673 e. The van der Waals surface area contributed by atoms with E-state index >= 15 is 0 Å². The molecule has 0 bridgehead atoms. The van der Waals surface area contributed by atoms with Gasteiger partial charge < -0.3 is 23.0 Å². The van der Waals surface area contributed by atoms with Crippen LogP contribution in [0.3, 0.4) is 0 Å². The molecule has 2 N–H and O–H groups in total. The molecule has 0 unspecified atom stereocenters. The minimum atomic E-state index is -6.00. The van der Waals surface area contributed by atoms with Crippen molar-refractivity contribution >= 4 is 18.6 Å². The third-order valence-corrected chi connectivity index (χ3v) is 3.55. The first kappa shape index (κ1) is 18.5. The highest BCUT2D eigenvalue weighted by molar-refractivity contribution is 7.13. The standard InChI is InChI=1S/C12H17N4S.BF4/c1-8-6-9(2)16(10(3)7-8)12-15-14-11(17-12)4-5-13;2-1(3,4)5/h6-7H,4-5,13H2,1-3H3;/q+1;-1. The molecular formula is C12H17BF4N4S. The molecule has 0 amide bonds. The molecule has 2 heterocycles. The van der Waals surface area contributed by atoms with E-state index in [0.29, 0.717) is 6.54 Å². The average molecular weight is 336 g/mol. The third-order valence-electron chi connectivity index (χ3n) is 2.58. The molecule has 0 atom stereocenters. The van der Waals surface area contributed by atoms with Gasteiger partial charge in [0.05, 0.1) is 5.10 Å². The van der Waals surface area contributed by atoms with Crippen molar-refractivity contribution in [3.8, 4) is 5.13 Å². The maximum Gasteiger partial charge on any atom is 0.673 e. The van der Waals surface area contributed by atoms with Gasteiger partial charge in [0.25, 0.3) is 0 Å². The summed E-state index contributed by atoms with van der Waals surface area (Å²) in [6.07, 6.45) is 0.794. The van der Waals surface area contributed by atoms with E-state index < -0.39 is 7.25 Å². The minimum Gasteiger partial charge on any atom is -0.418 e. The molecule has 2 rings (SSSR count). The molecule has 0 fully saturated rings.